The van der Waals surface area contributed by atoms with Gasteiger partial charge in [-0.1, -0.05) is 18.2 Å². The molecule has 2 aromatic heterocycles. The monoisotopic (exact) mass is 366 g/mol. The Morgan fingerprint density at radius 1 is 1.15 bits per heavy atom. The summed E-state index contributed by atoms with van der Waals surface area (Å²) in [5, 5.41) is 8.21. The highest BCUT2D eigenvalue weighted by molar-refractivity contribution is 7.98. The first-order valence-electron chi connectivity index (χ1n) is 8.62. The minimum Gasteiger partial charge on any atom is -0.350 e. The Hall–Kier alpha value is -2.60. The summed E-state index contributed by atoms with van der Waals surface area (Å²) in [5.74, 6) is 0.793. The summed E-state index contributed by atoms with van der Waals surface area (Å²) in [6, 6.07) is 15.6. The number of carbonyl (C=O) groups is 1. The fraction of sp³-hybridized carbons (Fsp3) is 0.250. The Labute approximate surface area is 157 Å². The van der Waals surface area contributed by atoms with Crippen LogP contribution >= 0.6 is 11.8 Å². The lowest BCUT2D eigenvalue weighted by Gasteiger charge is -2.14. The van der Waals surface area contributed by atoms with Gasteiger partial charge in [0, 0.05) is 42.5 Å². The minimum atomic E-state index is -0.0399. The molecule has 26 heavy (non-hydrogen) atoms. The molecule has 6 heteroatoms. The number of aryl methyl sites for hydroxylation is 1. The smallest absolute Gasteiger partial charge is 0.251 e. The maximum absolute atomic E-state index is 12.4. The lowest BCUT2D eigenvalue weighted by molar-refractivity contribution is 0.0937. The van der Waals surface area contributed by atoms with E-state index in [0.29, 0.717) is 5.56 Å². The van der Waals surface area contributed by atoms with Gasteiger partial charge < -0.3 is 5.32 Å². The first-order chi connectivity index (χ1) is 12.7. The molecule has 0 radical (unpaired) electrons. The Balaban J connectivity index is 1.47. The summed E-state index contributed by atoms with van der Waals surface area (Å²) in [6.07, 6.45) is 6.32. The molecular weight excluding hydrogens is 344 g/mol. The van der Waals surface area contributed by atoms with Gasteiger partial charge in [-0.15, -0.1) is 11.8 Å². The molecule has 0 bridgehead atoms. The average molecular weight is 366 g/mol. The second-order valence-electron chi connectivity index (χ2n) is 6.09. The second kappa shape index (κ2) is 9.20. The number of hydrogen-bond donors (Lipinski definition) is 1. The molecule has 134 valence electrons. The molecule has 0 fully saturated rings. The van der Waals surface area contributed by atoms with Crippen LogP contribution in [0.15, 0.2) is 72.1 Å². The summed E-state index contributed by atoms with van der Waals surface area (Å²) >= 11 is 1.68. The van der Waals surface area contributed by atoms with Gasteiger partial charge in [-0.2, -0.15) is 5.10 Å². The number of nitrogens with one attached hydrogen (secondary N) is 1. The number of thioether (sulfide) groups is 1. The number of amides is 1. The average Bonchev–Trinajstić information content (AvgIpc) is 3.19. The number of benzene rings is 1. The number of carbonyl (C=O) groups excluding carboxylic acids is 1. The van der Waals surface area contributed by atoms with Gasteiger partial charge in [0.15, 0.2) is 0 Å². The molecule has 0 saturated heterocycles. The minimum absolute atomic E-state index is 0.0399. The second-order valence-corrected chi connectivity index (χ2v) is 7.08. The third kappa shape index (κ3) is 5.46. The lowest BCUT2D eigenvalue weighted by Crippen LogP contribution is -2.33. The van der Waals surface area contributed by atoms with Gasteiger partial charge in [0.2, 0.25) is 0 Å². The van der Waals surface area contributed by atoms with Gasteiger partial charge in [0.1, 0.15) is 0 Å². The van der Waals surface area contributed by atoms with Gasteiger partial charge in [-0.25, -0.2) is 4.98 Å². The standard InChI is InChI=1S/C20H22N4OS/c1-16(10-14-24-13-4-12-22-24)23-20(25)18-8-6-17(7-9-18)15-26-19-5-2-3-11-21-19/h2-9,11-13,16H,10,14-15H2,1H3,(H,23,25). The molecule has 5 nitrogen and oxygen atoms in total. The lowest BCUT2D eigenvalue weighted by atomic mass is 10.1. The Bertz CT molecular complexity index is 804. The van der Waals surface area contributed by atoms with Crippen molar-refractivity contribution in [1.82, 2.24) is 20.1 Å². The summed E-state index contributed by atoms with van der Waals surface area (Å²) in [6.45, 7) is 2.80. The molecule has 1 unspecified atom stereocenters. The van der Waals surface area contributed by atoms with Crippen molar-refractivity contribution in [3.05, 3.63) is 78.2 Å². The van der Waals surface area contributed by atoms with Gasteiger partial charge >= 0.3 is 0 Å². The highest BCUT2D eigenvalue weighted by Crippen LogP contribution is 2.20. The van der Waals surface area contributed by atoms with Crippen LogP contribution < -0.4 is 5.32 Å². The summed E-state index contributed by atoms with van der Waals surface area (Å²) in [4.78, 5) is 16.7. The van der Waals surface area contributed by atoms with Crippen LogP contribution in [0.5, 0.6) is 0 Å². The normalized spacial score (nSPS) is 11.9. The van der Waals surface area contributed by atoms with Crippen LogP contribution in [0, 0.1) is 0 Å². The van der Waals surface area contributed by atoms with Gasteiger partial charge in [-0.3, -0.25) is 9.48 Å². The number of hydrogen-bond acceptors (Lipinski definition) is 4. The molecule has 2 heterocycles. The molecule has 0 aliphatic heterocycles. The van der Waals surface area contributed by atoms with E-state index in [4.69, 9.17) is 0 Å². The first kappa shape index (κ1) is 18.2. The molecule has 3 aromatic rings. The Kier molecular flexibility index (Phi) is 6.44. The van der Waals surface area contributed by atoms with Crippen molar-refractivity contribution in [1.29, 1.82) is 0 Å². The third-order valence-electron chi connectivity index (χ3n) is 3.97. The van der Waals surface area contributed by atoms with Crippen molar-refractivity contribution in [3.63, 3.8) is 0 Å². The predicted octanol–water partition coefficient (Wildman–Crippen LogP) is 3.78. The van der Waals surface area contributed by atoms with Crippen molar-refractivity contribution in [3.8, 4) is 0 Å². The number of aromatic nitrogens is 3. The highest BCUT2D eigenvalue weighted by Gasteiger charge is 2.10. The van der Waals surface area contributed by atoms with Crippen LogP contribution in [0.1, 0.15) is 29.3 Å². The maximum Gasteiger partial charge on any atom is 0.251 e. The van der Waals surface area contributed by atoms with Crippen molar-refractivity contribution < 1.29 is 4.79 Å². The number of pyridine rings is 1. The fourth-order valence-electron chi connectivity index (χ4n) is 2.48. The summed E-state index contributed by atoms with van der Waals surface area (Å²) in [5.41, 5.74) is 1.85. The number of rotatable bonds is 8. The molecule has 0 aliphatic rings. The van der Waals surface area contributed by atoms with E-state index < -0.39 is 0 Å². The van der Waals surface area contributed by atoms with Crippen LogP contribution in [0.2, 0.25) is 0 Å². The zero-order valence-electron chi connectivity index (χ0n) is 14.7. The maximum atomic E-state index is 12.4. The van der Waals surface area contributed by atoms with Crippen molar-refractivity contribution >= 4 is 17.7 Å². The Morgan fingerprint density at radius 2 is 2.00 bits per heavy atom. The largest absolute Gasteiger partial charge is 0.350 e. The topological polar surface area (TPSA) is 59.8 Å². The summed E-state index contributed by atoms with van der Waals surface area (Å²) in [7, 11) is 0. The Morgan fingerprint density at radius 3 is 2.69 bits per heavy atom. The van der Waals surface area contributed by atoms with Gasteiger partial charge in [0.25, 0.3) is 5.91 Å². The molecule has 1 aromatic carbocycles. The van der Waals surface area contributed by atoms with Crippen molar-refractivity contribution in [2.45, 2.75) is 36.7 Å². The fourth-order valence-corrected chi connectivity index (χ4v) is 3.30. The van der Waals surface area contributed by atoms with E-state index >= 15 is 0 Å². The SMILES string of the molecule is CC(CCn1cccn1)NC(=O)c1ccc(CSc2ccccn2)cc1. The van der Waals surface area contributed by atoms with E-state index in [0.717, 1.165) is 23.7 Å². The van der Waals surface area contributed by atoms with Gasteiger partial charge in [-0.05, 0) is 49.2 Å². The van der Waals surface area contributed by atoms with Crippen LogP contribution in [-0.2, 0) is 12.3 Å². The van der Waals surface area contributed by atoms with Crippen molar-refractivity contribution in [2.75, 3.05) is 0 Å². The van der Waals surface area contributed by atoms with Crippen LogP contribution in [-0.4, -0.2) is 26.7 Å². The molecule has 1 amide bonds. The van der Waals surface area contributed by atoms with E-state index in [2.05, 4.69) is 15.4 Å². The molecule has 0 aliphatic carbocycles. The third-order valence-corrected chi connectivity index (χ3v) is 4.98. The zero-order chi connectivity index (χ0) is 18.2. The molecule has 0 saturated carbocycles. The predicted molar refractivity (Wildman–Crippen MR) is 104 cm³/mol. The van der Waals surface area contributed by atoms with E-state index in [1.807, 2.05) is 66.3 Å². The quantitative estimate of drug-likeness (QED) is 0.617. The van der Waals surface area contributed by atoms with Crippen LogP contribution in [0.25, 0.3) is 0 Å². The first-order valence-corrected chi connectivity index (χ1v) is 9.60. The van der Waals surface area contributed by atoms with E-state index in [-0.39, 0.29) is 11.9 Å². The summed E-state index contributed by atoms with van der Waals surface area (Å²) < 4.78 is 1.87. The molecule has 1 N–H and O–H groups in total. The molecule has 0 spiro atoms. The van der Waals surface area contributed by atoms with Gasteiger partial charge in [0.05, 0.1) is 5.03 Å². The zero-order valence-corrected chi connectivity index (χ0v) is 15.5. The van der Waals surface area contributed by atoms with E-state index in [1.54, 1.807) is 24.2 Å². The van der Waals surface area contributed by atoms with Crippen LogP contribution in [0.3, 0.4) is 0 Å². The molecule has 3 rings (SSSR count). The molecular formula is C20H22N4OS. The number of nitrogens with zero attached hydrogens (tertiary/aromatic N) is 3. The van der Waals surface area contributed by atoms with E-state index in [9.17, 15) is 4.79 Å². The van der Waals surface area contributed by atoms with Crippen molar-refractivity contribution in [2.24, 2.45) is 0 Å². The van der Waals surface area contributed by atoms with E-state index in [1.165, 1.54) is 5.56 Å². The molecule has 1 atom stereocenters. The van der Waals surface area contributed by atoms with Crippen LogP contribution in [0.4, 0.5) is 0 Å². The highest BCUT2D eigenvalue weighted by atomic mass is 32.2.